The average molecular weight is 257 g/mol. The topological polar surface area (TPSA) is 30.5 Å². The summed E-state index contributed by atoms with van der Waals surface area (Å²) in [5.41, 5.74) is 0. The van der Waals surface area contributed by atoms with E-state index in [1.165, 1.54) is 38.5 Å². The molecule has 1 aliphatic rings. The Balaban J connectivity index is 2.20. The number of methoxy groups -OCH3 is 1. The molecule has 18 heavy (non-hydrogen) atoms. The maximum Gasteiger partial charge on any atom is 0.0576 e. The second-order valence-electron chi connectivity index (χ2n) is 5.49. The zero-order valence-corrected chi connectivity index (χ0v) is 12.4. The third kappa shape index (κ3) is 6.72. The first kappa shape index (κ1) is 15.9. The van der Waals surface area contributed by atoms with Crippen LogP contribution < -0.4 is 5.32 Å². The number of hydrogen-bond acceptors (Lipinski definition) is 3. The molecule has 0 saturated carbocycles. The molecule has 1 fully saturated rings. The van der Waals surface area contributed by atoms with Gasteiger partial charge in [0.05, 0.1) is 12.2 Å². The lowest BCUT2D eigenvalue weighted by Gasteiger charge is -2.21. The van der Waals surface area contributed by atoms with Crippen LogP contribution in [0.1, 0.15) is 58.8 Å². The molecule has 0 radical (unpaired) electrons. The SMILES string of the molecule is CCCNC(CCC(C)OC)CCC1CCCO1. The van der Waals surface area contributed by atoms with E-state index in [-0.39, 0.29) is 0 Å². The summed E-state index contributed by atoms with van der Waals surface area (Å²) in [4.78, 5) is 0. The fourth-order valence-electron chi connectivity index (χ4n) is 2.51. The Hall–Kier alpha value is -0.120. The Labute approximate surface area is 113 Å². The van der Waals surface area contributed by atoms with Crippen LogP contribution in [0, 0.1) is 0 Å². The van der Waals surface area contributed by atoms with Crippen LogP contribution in [0.5, 0.6) is 0 Å². The molecular formula is C15H31NO2. The Morgan fingerprint density at radius 2 is 2.17 bits per heavy atom. The molecule has 1 aliphatic heterocycles. The van der Waals surface area contributed by atoms with Gasteiger partial charge in [-0.1, -0.05) is 6.92 Å². The van der Waals surface area contributed by atoms with Gasteiger partial charge < -0.3 is 14.8 Å². The molecule has 0 amide bonds. The summed E-state index contributed by atoms with van der Waals surface area (Å²) in [5, 5.41) is 3.66. The van der Waals surface area contributed by atoms with Gasteiger partial charge >= 0.3 is 0 Å². The molecule has 1 saturated heterocycles. The average Bonchev–Trinajstić information content (AvgIpc) is 2.90. The molecule has 3 unspecified atom stereocenters. The van der Waals surface area contributed by atoms with E-state index >= 15 is 0 Å². The first-order valence-corrected chi connectivity index (χ1v) is 7.64. The number of hydrogen-bond donors (Lipinski definition) is 1. The van der Waals surface area contributed by atoms with E-state index in [0.717, 1.165) is 19.6 Å². The van der Waals surface area contributed by atoms with Crippen molar-refractivity contribution >= 4 is 0 Å². The first-order valence-electron chi connectivity index (χ1n) is 7.64. The van der Waals surface area contributed by atoms with Gasteiger partial charge in [-0.05, 0) is 58.4 Å². The first-order chi connectivity index (χ1) is 8.76. The van der Waals surface area contributed by atoms with Crippen LogP contribution in [0.25, 0.3) is 0 Å². The lowest BCUT2D eigenvalue weighted by molar-refractivity contribution is 0.0935. The molecule has 3 atom stereocenters. The summed E-state index contributed by atoms with van der Waals surface area (Å²) in [7, 11) is 1.80. The molecule has 0 aromatic heterocycles. The summed E-state index contributed by atoms with van der Waals surface area (Å²) < 4.78 is 11.0. The van der Waals surface area contributed by atoms with Crippen molar-refractivity contribution in [3.05, 3.63) is 0 Å². The van der Waals surface area contributed by atoms with Crippen molar-refractivity contribution in [2.24, 2.45) is 0 Å². The lowest BCUT2D eigenvalue weighted by Crippen LogP contribution is -2.31. The second-order valence-corrected chi connectivity index (χ2v) is 5.49. The predicted octanol–water partition coefficient (Wildman–Crippen LogP) is 3.13. The number of ether oxygens (including phenoxy) is 2. The Morgan fingerprint density at radius 3 is 2.78 bits per heavy atom. The van der Waals surface area contributed by atoms with Gasteiger partial charge in [0.25, 0.3) is 0 Å². The number of nitrogens with one attached hydrogen (secondary N) is 1. The van der Waals surface area contributed by atoms with Crippen molar-refractivity contribution in [3.63, 3.8) is 0 Å². The van der Waals surface area contributed by atoms with E-state index in [4.69, 9.17) is 9.47 Å². The summed E-state index contributed by atoms with van der Waals surface area (Å²) >= 11 is 0. The lowest BCUT2D eigenvalue weighted by atomic mass is 10.0. The minimum absolute atomic E-state index is 0.374. The zero-order chi connectivity index (χ0) is 13.2. The maximum absolute atomic E-state index is 5.70. The van der Waals surface area contributed by atoms with E-state index in [2.05, 4.69) is 19.2 Å². The van der Waals surface area contributed by atoms with Crippen molar-refractivity contribution < 1.29 is 9.47 Å². The molecule has 0 aromatic carbocycles. The van der Waals surface area contributed by atoms with Crippen LogP contribution in [0.4, 0.5) is 0 Å². The third-order valence-electron chi connectivity index (χ3n) is 3.87. The van der Waals surface area contributed by atoms with Crippen LogP contribution in [0.3, 0.4) is 0 Å². The fourth-order valence-corrected chi connectivity index (χ4v) is 2.51. The van der Waals surface area contributed by atoms with Gasteiger partial charge in [-0.3, -0.25) is 0 Å². The van der Waals surface area contributed by atoms with Gasteiger partial charge in [0.15, 0.2) is 0 Å². The highest BCUT2D eigenvalue weighted by Gasteiger charge is 2.18. The minimum Gasteiger partial charge on any atom is -0.382 e. The maximum atomic E-state index is 5.70. The quantitative estimate of drug-likeness (QED) is 0.652. The summed E-state index contributed by atoms with van der Waals surface area (Å²) in [6.07, 6.45) is 9.41. The van der Waals surface area contributed by atoms with Crippen molar-refractivity contribution in [1.29, 1.82) is 0 Å². The van der Waals surface area contributed by atoms with Gasteiger partial charge in [0, 0.05) is 19.8 Å². The van der Waals surface area contributed by atoms with E-state index in [0.29, 0.717) is 18.2 Å². The van der Waals surface area contributed by atoms with Crippen molar-refractivity contribution in [2.75, 3.05) is 20.3 Å². The van der Waals surface area contributed by atoms with E-state index in [1.807, 2.05) is 0 Å². The summed E-state index contributed by atoms with van der Waals surface area (Å²) in [6, 6.07) is 0.631. The van der Waals surface area contributed by atoms with E-state index in [1.54, 1.807) is 7.11 Å². The van der Waals surface area contributed by atoms with E-state index < -0.39 is 0 Å². The zero-order valence-electron chi connectivity index (χ0n) is 12.4. The summed E-state index contributed by atoms with van der Waals surface area (Å²) in [6.45, 7) is 6.47. The molecular weight excluding hydrogens is 226 g/mol. The smallest absolute Gasteiger partial charge is 0.0576 e. The minimum atomic E-state index is 0.374. The van der Waals surface area contributed by atoms with Crippen molar-refractivity contribution in [1.82, 2.24) is 5.32 Å². The molecule has 3 nitrogen and oxygen atoms in total. The number of rotatable bonds is 10. The third-order valence-corrected chi connectivity index (χ3v) is 3.87. The highest BCUT2D eigenvalue weighted by molar-refractivity contribution is 4.73. The molecule has 1 N–H and O–H groups in total. The van der Waals surface area contributed by atoms with Gasteiger partial charge in [0.2, 0.25) is 0 Å². The van der Waals surface area contributed by atoms with Crippen LogP contribution in [-0.2, 0) is 9.47 Å². The molecule has 0 bridgehead atoms. The molecule has 3 heteroatoms. The van der Waals surface area contributed by atoms with Crippen LogP contribution in [0.15, 0.2) is 0 Å². The van der Waals surface area contributed by atoms with Gasteiger partial charge in [-0.15, -0.1) is 0 Å². The van der Waals surface area contributed by atoms with Gasteiger partial charge in [0.1, 0.15) is 0 Å². The molecule has 1 rings (SSSR count). The second kappa shape index (κ2) is 9.76. The standard InChI is InChI=1S/C15H31NO2/c1-4-11-16-14(8-7-13(2)17-3)9-10-15-6-5-12-18-15/h13-16H,4-12H2,1-3H3. The predicted molar refractivity (Wildman–Crippen MR) is 76.0 cm³/mol. The Morgan fingerprint density at radius 1 is 1.33 bits per heavy atom. The molecule has 0 spiro atoms. The summed E-state index contributed by atoms with van der Waals surface area (Å²) in [5.74, 6) is 0. The Bertz CT molecular complexity index is 193. The largest absolute Gasteiger partial charge is 0.382 e. The molecule has 1 heterocycles. The van der Waals surface area contributed by atoms with Crippen molar-refractivity contribution in [2.45, 2.75) is 77.0 Å². The van der Waals surface area contributed by atoms with Crippen LogP contribution in [-0.4, -0.2) is 38.5 Å². The molecule has 0 aromatic rings. The monoisotopic (exact) mass is 257 g/mol. The highest BCUT2D eigenvalue weighted by atomic mass is 16.5. The Kier molecular flexibility index (Phi) is 8.64. The van der Waals surface area contributed by atoms with Crippen LogP contribution >= 0.6 is 0 Å². The molecule has 108 valence electrons. The van der Waals surface area contributed by atoms with Gasteiger partial charge in [-0.25, -0.2) is 0 Å². The van der Waals surface area contributed by atoms with Crippen LogP contribution in [0.2, 0.25) is 0 Å². The van der Waals surface area contributed by atoms with Crippen molar-refractivity contribution in [3.8, 4) is 0 Å². The van der Waals surface area contributed by atoms with E-state index in [9.17, 15) is 0 Å². The van der Waals surface area contributed by atoms with Gasteiger partial charge in [-0.2, -0.15) is 0 Å². The normalized spacial score (nSPS) is 23.2. The fraction of sp³-hybridized carbons (Fsp3) is 1.00. The highest BCUT2D eigenvalue weighted by Crippen LogP contribution is 2.19. The molecule has 0 aliphatic carbocycles.